The molecule has 14 aromatic rings. The molecule has 0 aliphatic heterocycles. The summed E-state index contributed by atoms with van der Waals surface area (Å²) in [6.07, 6.45) is 0. The second kappa shape index (κ2) is 13.8. The van der Waals surface area contributed by atoms with E-state index in [1.807, 2.05) is 12.1 Å². The van der Waals surface area contributed by atoms with Gasteiger partial charge in [-0.1, -0.05) is 146 Å². The molecule has 0 unspecified atom stereocenters. The van der Waals surface area contributed by atoms with E-state index in [1.54, 1.807) is 0 Å². The third kappa shape index (κ3) is 5.51. The molecule has 0 aliphatic rings. The molecule has 0 atom stereocenters. The molecule has 0 saturated heterocycles. The van der Waals surface area contributed by atoms with Crippen molar-refractivity contribution in [3.05, 3.63) is 212 Å². The third-order valence-corrected chi connectivity index (χ3v) is 13.1. The molecule has 4 aromatic heterocycles. The lowest BCUT2D eigenvalue weighted by Gasteiger charge is -2.15. The summed E-state index contributed by atoms with van der Waals surface area (Å²) < 4.78 is 11.4. The molecule has 302 valence electrons. The van der Waals surface area contributed by atoms with E-state index >= 15 is 0 Å². The van der Waals surface area contributed by atoms with Gasteiger partial charge in [-0.25, -0.2) is 15.0 Å². The molecular formula is C59H35N5O. The van der Waals surface area contributed by atoms with Gasteiger partial charge in [0.1, 0.15) is 11.2 Å². The molecule has 0 fully saturated rings. The number of benzene rings is 10. The molecule has 0 saturated carbocycles. The Balaban J connectivity index is 1.08. The molecule has 0 spiro atoms. The Morgan fingerprint density at radius 3 is 1.65 bits per heavy atom. The van der Waals surface area contributed by atoms with Crippen LogP contribution in [0.25, 0.3) is 133 Å². The Hall–Kier alpha value is -8.87. The Bertz CT molecular complexity index is 4250. The van der Waals surface area contributed by atoms with E-state index in [2.05, 4.69) is 209 Å². The predicted octanol–water partition coefficient (Wildman–Crippen LogP) is 15.3. The molecule has 4 heterocycles. The van der Waals surface area contributed by atoms with Gasteiger partial charge in [0, 0.05) is 54.7 Å². The van der Waals surface area contributed by atoms with Crippen LogP contribution in [0, 0.1) is 0 Å². The fraction of sp³-hybridized carbons (Fsp3) is 0. The highest BCUT2D eigenvalue weighted by Gasteiger charge is 2.23. The van der Waals surface area contributed by atoms with E-state index in [-0.39, 0.29) is 0 Å². The number of nitrogens with zero attached hydrogens (tertiary/aromatic N) is 5. The van der Waals surface area contributed by atoms with Crippen molar-refractivity contribution < 1.29 is 4.42 Å². The highest BCUT2D eigenvalue weighted by Crippen LogP contribution is 2.42. The normalized spacial score (nSPS) is 12.0. The summed E-state index contributed by atoms with van der Waals surface area (Å²) in [5.74, 6) is 1.71. The lowest BCUT2D eigenvalue weighted by atomic mass is 10.0. The summed E-state index contributed by atoms with van der Waals surface area (Å²) >= 11 is 0. The van der Waals surface area contributed by atoms with Crippen molar-refractivity contribution in [2.24, 2.45) is 0 Å². The summed E-state index contributed by atoms with van der Waals surface area (Å²) in [6, 6.07) is 75.1. The number of fused-ring (bicyclic) bond motifs is 11. The van der Waals surface area contributed by atoms with Gasteiger partial charge in [-0.3, -0.25) is 0 Å². The maximum Gasteiger partial charge on any atom is 0.166 e. The smallest absolute Gasteiger partial charge is 0.166 e. The van der Waals surface area contributed by atoms with Gasteiger partial charge >= 0.3 is 0 Å². The Morgan fingerprint density at radius 2 is 0.862 bits per heavy atom. The minimum absolute atomic E-state index is 0.547. The van der Waals surface area contributed by atoms with Crippen LogP contribution < -0.4 is 0 Å². The molecule has 6 nitrogen and oxygen atoms in total. The summed E-state index contributed by atoms with van der Waals surface area (Å²) in [4.78, 5) is 16.2. The van der Waals surface area contributed by atoms with Crippen LogP contribution in [0.5, 0.6) is 0 Å². The number of aromatic nitrogens is 5. The van der Waals surface area contributed by atoms with Crippen LogP contribution in [0.15, 0.2) is 217 Å². The monoisotopic (exact) mass is 829 g/mol. The van der Waals surface area contributed by atoms with Gasteiger partial charge in [-0.05, 0) is 88.3 Å². The van der Waals surface area contributed by atoms with E-state index in [0.29, 0.717) is 17.5 Å². The fourth-order valence-corrected chi connectivity index (χ4v) is 10.1. The Kier molecular flexibility index (Phi) is 7.59. The summed E-state index contributed by atoms with van der Waals surface area (Å²) in [6.45, 7) is 0. The fourth-order valence-electron chi connectivity index (χ4n) is 10.1. The van der Waals surface area contributed by atoms with Crippen molar-refractivity contribution in [1.82, 2.24) is 24.1 Å². The largest absolute Gasteiger partial charge is 0.456 e. The average Bonchev–Trinajstić information content (AvgIpc) is 4.02. The topological polar surface area (TPSA) is 61.7 Å². The second-order valence-corrected chi connectivity index (χ2v) is 16.8. The van der Waals surface area contributed by atoms with Crippen LogP contribution in [-0.4, -0.2) is 24.1 Å². The van der Waals surface area contributed by atoms with Gasteiger partial charge in [0.2, 0.25) is 0 Å². The maximum absolute atomic E-state index is 6.65. The van der Waals surface area contributed by atoms with Crippen molar-refractivity contribution in [1.29, 1.82) is 0 Å². The van der Waals surface area contributed by atoms with Crippen molar-refractivity contribution in [3.8, 4) is 45.5 Å². The second-order valence-electron chi connectivity index (χ2n) is 16.8. The van der Waals surface area contributed by atoms with Crippen LogP contribution in [0.3, 0.4) is 0 Å². The van der Waals surface area contributed by atoms with E-state index < -0.39 is 0 Å². The van der Waals surface area contributed by atoms with Crippen molar-refractivity contribution >= 4 is 87.1 Å². The van der Waals surface area contributed by atoms with Crippen molar-refractivity contribution in [2.75, 3.05) is 0 Å². The standard InChI is InChI=1S/C59H35N5O/c1-2-18-42(19-3-1)63-50-23-11-8-20-43(50)45-29-28-41(33-52(45)63)58-60-57(40-27-26-36-14-4-5-15-37(36)30-40)61-59(62-58)49-35-56-48(46-22-10-13-25-55(46)65-56)34-54(49)64-51-24-12-9-21-44(51)47-31-38-16-6-7-17-39(38)32-53(47)64/h1-35H. The van der Waals surface area contributed by atoms with E-state index in [0.717, 1.165) is 88.2 Å². The summed E-state index contributed by atoms with van der Waals surface area (Å²) in [5.41, 5.74) is 10.7. The Morgan fingerprint density at radius 1 is 0.308 bits per heavy atom. The first-order valence-corrected chi connectivity index (χ1v) is 21.9. The van der Waals surface area contributed by atoms with Gasteiger partial charge < -0.3 is 13.6 Å². The maximum atomic E-state index is 6.65. The number of para-hydroxylation sites is 4. The van der Waals surface area contributed by atoms with Crippen LogP contribution >= 0.6 is 0 Å². The van der Waals surface area contributed by atoms with Crippen LogP contribution in [-0.2, 0) is 0 Å². The van der Waals surface area contributed by atoms with Crippen molar-refractivity contribution in [2.45, 2.75) is 0 Å². The number of hydrogen-bond acceptors (Lipinski definition) is 4. The molecule has 0 aliphatic carbocycles. The summed E-state index contributed by atoms with van der Waals surface area (Å²) in [7, 11) is 0. The first kappa shape index (κ1) is 35.7. The zero-order valence-electron chi connectivity index (χ0n) is 34.9. The van der Waals surface area contributed by atoms with Crippen molar-refractivity contribution in [3.63, 3.8) is 0 Å². The van der Waals surface area contributed by atoms with E-state index in [1.165, 1.54) is 26.9 Å². The highest BCUT2D eigenvalue weighted by atomic mass is 16.3. The molecule has 65 heavy (non-hydrogen) atoms. The lowest BCUT2D eigenvalue weighted by molar-refractivity contribution is 0.669. The first-order valence-electron chi connectivity index (χ1n) is 21.9. The number of furan rings is 1. The molecule has 14 rings (SSSR count). The van der Waals surface area contributed by atoms with Crippen LogP contribution in [0.1, 0.15) is 0 Å². The SMILES string of the molecule is c1ccc(-n2c3ccccc3c3ccc(-c4nc(-c5ccc6ccccc6c5)nc(-c5cc6oc7ccccc7c6cc5-n5c6ccccc6c6cc7ccccc7cc65)n4)cc32)cc1. The van der Waals surface area contributed by atoms with Crippen LogP contribution in [0.4, 0.5) is 0 Å². The molecule has 0 amide bonds. The third-order valence-electron chi connectivity index (χ3n) is 13.1. The molecule has 0 bridgehead atoms. The average molecular weight is 830 g/mol. The van der Waals surface area contributed by atoms with Gasteiger partial charge in [0.05, 0.1) is 27.8 Å². The van der Waals surface area contributed by atoms with Gasteiger partial charge in [0.15, 0.2) is 17.5 Å². The lowest BCUT2D eigenvalue weighted by Crippen LogP contribution is -2.04. The predicted molar refractivity (Wildman–Crippen MR) is 267 cm³/mol. The minimum Gasteiger partial charge on any atom is -0.456 e. The molecule has 10 aromatic carbocycles. The van der Waals surface area contributed by atoms with Gasteiger partial charge in [0.25, 0.3) is 0 Å². The van der Waals surface area contributed by atoms with Gasteiger partial charge in [-0.15, -0.1) is 0 Å². The molecular weight excluding hydrogens is 795 g/mol. The number of hydrogen-bond donors (Lipinski definition) is 0. The molecule has 0 radical (unpaired) electrons. The molecule has 0 N–H and O–H groups in total. The van der Waals surface area contributed by atoms with Crippen LogP contribution in [0.2, 0.25) is 0 Å². The van der Waals surface area contributed by atoms with E-state index in [9.17, 15) is 0 Å². The zero-order valence-corrected chi connectivity index (χ0v) is 34.9. The number of rotatable bonds is 5. The highest BCUT2D eigenvalue weighted by molar-refractivity contribution is 6.15. The first-order chi connectivity index (χ1) is 32.2. The minimum atomic E-state index is 0.547. The summed E-state index contributed by atoms with van der Waals surface area (Å²) in [5, 5.41) is 11.4. The quantitative estimate of drug-likeness (QED) is 0.173. The zero-order chi connectivity index (χ0) is 42.6. The van der Waals surface area contributed by atoms with E-state index in [4.69, 9.17) is 19.4 Å². The van der Waals surface area contributed by atoms with Gasteiger partial charge in [-0.2, -0.15) is 0 Å². The molecule has 6 heteroatoms. The Labute approximate surface area is 371 Å².